The number of carbonyl (C=O) groups excluding carboxylic acids is 1. The first-order valence-corrected chi connectivity index (χ1v) is 7.39. The molecule has 0 spiro atoms. The van der Waals surface area contributed by atoms with E-state index in [2.05, 4.69) is 5.32 Å². The summed E-state index contributed by atoms with van der Waals surface area (Å²) in [6.07, 6.45) is 4.19. The van der Waals surface area contributed by atoms with E-state index in [1.165, 1.54) is 0 Å². The molecule has 2 N–H and O–H groups in total. The molecular weight excluding hydrogens is 244 g/mol. The maximum absolute atomic E-state index is 12.6. The molecule has 0 unspecified atom stereocenters. The van der Waals surface area contributed by atoms with Gasteiger partial charge in [-0.3, -0.25) is 9.59 Å². The number of rotatable bonds is 4. The molecule has 0 aromatic carbocycles. The van der Waals surface area contributed by atoms with E-state index in [0.717, 1.165) is 38.8 Å². The maximum Gasteiger partial charge on any atom is 0.307 e. The lowest BCUT2D eigenvalue weighted by Crippen LogP contribution is -2.49. The summed E-state index contributed by atoms with van der Waals surface area (Å²) in [4.78, 5) is 25.8. The number of nitrogens with one attached hydrogen (secondary N) is 1. The summed E-state index contributed by atoms with van der Waals surface area (Å²) in [5, 5.41) is 12.5. The molecule has 0 radical (unpaired) electrons. The zero-order valence-electron chi connectivity index (χ0n) is 11.6. The van der Waals surface area contributed by atoms with E-state index in [9.17, 15) is 14.7 Å². The largest absolute Gasteiger partial charge is 0.481 e. The van der Waals surface area contributed by atoms with Crippen molar-refractivity contribution in [1.29, 1.82) is 0 Å². The third-order valence-electron chi connectivity index (χ3n) is 4.52. The number of carbonyl (C=O) groups is 2. The van der Waals surface area contributed by atoms with E-state index in [4.69, 9.17) is 0 Å². The highest BCUT2D eigenvalue weighted by Crippen LogP contribution is 2.34. The van der Waals surface area contributed by atoms with Gasteiger partial charge in [-0.15, -0.1) is 0 Å². The fraction of sp³-hybridized carbons (Fsp3) is 0.857. The van der Waals surface area contributed by atoms with Crippen molar-refractivity contribution in [3.63, 3.8) is 0 Å². The molecule has 0 aromatic rings. The minimum atomic E-state index is -0.808. The van der Waals surface area contributed by atoms with Gasteiger partial charge in [0.2, 0.25) is 5.91 Å². The third kappa shape index (κ3) is 3.08. The number of amides is 1. The number of carboxylic acids is 1. The molecule has 1 amide bonds. The van der Waals surface area contributed by atoms with E-state index in [1.807, 2.05) is 11.8 Å². The Bertz CT molecular complexity index is 340. The molecule has 1 saturated carbocycles. The van der Waals surface area contributed by atoms with Crippen molar-refractivity contribution in [3.8, 4) is 0 Å². The fourth-order valence-electron chi connectivity index (χ4n) is 3.48. The Kier molecular flexibility index (Phi) is 4.80. The van der Waals surface area contributed by atoms with Crippen LogP contribution in [0.3, 0.4) is 0 Å². The van der Waals surface area contributed by atoms with Crippen LogP contribution in [0.15, 0.2) is 0 Å². The van der Waals surface area contributed by atoms with Crippen molar-refractivity contribution in [1.82, 2.24) is 10.2 Å². The second-order valence-corrected chi connectivity index (χ2v) is 5.59. The summed E-state index contributed by atoms with van der Waals surface area (Å²) in [6, 6.07) is 0.286. The molecule has 1 aliphatic carbocycles. The van der Waals surface area contributed by atoms with Crippen LogP contribution in [0.5, 0.6) is 0 Å². The molecule has 1 heterocycles. The van der Waals surface area contributed by atoms with Crippen LogP contribution in [0.4, 0.5) is 0 Å². The van der Waals surface area contributed by atoms with Crippen LogP contribution in [0, 0.1) is 11.8 Å². The van der Waals surface area contributed by atoms with Crippen LogP contribution in [0.1, 0.15) is 39.0 Å². The van der Waals surface area contributed by atoms with E-state index in [0.29, 0.717) is 13.0 Å². The SMILES string of the molecule is CCN(C(=O)[C@@H]1CCC[C@@H]1C(=O)O)C1CCNCC1. The molecule has 5 heteroatoms. The second kappa shape index (κ2) is 6.37. The van der Waals surface area contributed by atoms with Gasteiger partial charge in [0, 0.05) is 12.6 Å². The van der Waals surface area contributed by atoms with Crippen LogP contribution in [-0.2, 0) is 9.59 Å². The smallest absolute Gasteiger partial charge is 0.307 e. The first-order chi connectivity index (χ1) is 9.15. The summed E-state index contributed by atoms with van der Waals surface area (Å²) < 4.78 is 0. The molecule has 108 valence electrons. The Labute approximate surface area is 114 Å². The number of piperidine rings is 1. The lowest BCUT2D eigenvalue weighted by atomic mass is 9.93. The van der Waals surface area contributed by atoms with Gasteiger partial charge in [-0.2, -0.15) is 0 Å². The highest BCUT2D eigenvalue weighted by Gasteiger charge is 2.40. The Morgan fingerprint density at radius 2 is 1.79 bits per heavy atom. The fourth-order valence-corrected chi connectivity index (χ4v) is 3.48. The predicted octanol–water partition coefficient (Wildman–Crippen LogP) is 1.09. The summed E-state index contributed by atoms with van der Waals surface area (Å²) >= 11 is 0. The van der Waals surface area contributed by atoms with Gasteiger partial charge in [-0.05, 0) is 45.7 Å². The van der Waals surface area contributed by atoms with Crippen molar-refractivity contribution in [2.75, 3.05) is 19.6 Å². The van der Waals surface area contributed by atoms with E-state index in [-0.39, 0.29) is 17.9 Å². The molecule has 2 atom stereocenters. The average molecular weight is 268 g/mol. The zero-order chi connectivity index (χ0) is 13.8. The Morgan fingerprint density at radius 1 is 1.16 bits per heavy atom. The average Bonchev–Trinajstić information content (AvgIpc) is 2.90. The van der Waals surface area contributed by atoms with Crippen LogP contribution in [0.25, 0.3) is 0 Å². The first kappa shape index (κ1) is 14.3. The molecule has 0 aromatic heterocycles. The Morgan fingerprint density at radius 3 is 2.37 bits per heavy atom. The van der Waals surface area contributed by atoms with E-state index >= 15 is 0 Å². The van der Waals surface area contributed by atoms with E-state index in [1.54, 1.807) is 0 Å². The third-order valence-corrected chi connectivity index (χ3v) is 4.52. The summed E-state index contributed by atoms with van der Waals surface area (Å²) in [5.41, 5.74) is 0. The zero-order valence-corrected chi connectivity index (χ0v) is 11.6. The van der Waals surface area contributed by atoms with Crippen molar-refractivity contribution in [2.24, 2.45) is 11.8 Å². The van der Waals surface area contributed by atoms with Crippen LogP contribution in [0.2, 0.25) is 0 Å². The van der Waals surface area contributed by atoms with Gasteiger partial charge in [0.15, 0.2) is 0 Å². The Hall–Kier alpha value is -1.10. The van der Waals surface area contributed by atoms with Gasteiger partial charge in [0.05, 0.1) is 11.8 Å². The molecular formula is C14H24N2O3. The van der Waals surface area contributed by atoms with Gasteiger partial charge in [0.25, 0.3) is 0 Å². The maximum atomic E-state index is 12.6. The predicted molar refractivity (Wildman–Crippen MR) is 71.7 cm³/mol. The van der Waals surface area contributed by atoms with Crippen molar-refractivity contribution < 1.29 is 14.7 Å². The number of hydrogen-bond acceptors (Lipinski definition) is 3. The van der Waals surface area contributed by atoms with Crippen molar-refractivity contribution >= 4 is 11.9 Å². The second-order valence-electron chi connectivity index (χ2n) is 5.59. The molecule has 1 aliphatic heterocycles. The van der Waals surface area contributed by atoms with Gasteiger partial charge >= 0.3 is 5.97 Å². The molecule has 2 aliphatic rings. The van der Waals surface area contributed by atoms with Gasteiger partial charge < -0.3 is 15.3 Å². The van der Waals surface area contributed by atoms with Crippen LogP contribution in [-0.4, -0.2) is 47.6 Å². The van der Waals surface area contributed by atoms with Gasteiger partial charge in [-0.25, -0.2) is 0 Å². The quantitative estimate of drug-likeness (QED) is 0.800. The highest BCUT2D eigenvalue weighted by molar-refractivity contribution is 5.85. The number of nitrogens with zero attached hydrogens (tertiary/aromatic N) is 1. The van der Waals surface area contributed by atoms with E-state index < -0.39 is 11.9 Å². The molecule has 2 rings (SSSR count). The molecule has 0 bridgehead atoms. The van der Waals surface area contributed by atoms with Crippen molar-refractivity contribution in [2.45, 2.75) is 45.1 Å². The summed E-state index contributed by atoms with van der Waals surface area (Å²) in [7, 11) is 0. The monoisotopic (exact) mass is 268 g/mol. The molecule has 1 saturated heterocycles. The molecule has 19 heavy (non-hydrogen) atoms. The summed E-state index contributed by atoms with van der Waals surface area (Å²) in [5.74, 6) is -1.51. The standard InChI is InChI=1S/C14H24N2O3/c1-2-16(10-6-8-15-9-7-10)13(17)11-4-3-5-12(11)14(18)19/h10-12,15H,2-9H2,1H3,(H,18,19)/t11-,12+/m1/s1. The number of hydrogen-bond donors (Lipinski definition) is 2. The first-order valence-electron chi connectivity index (χ1n) is 7.39. The molecule has 2 fully saturated rings. The highest BCUT2D eigenvalue weighted by atomic mass is 16.4. The lowest BCUT2D eigenvalue weighted by Gasteiger charge is -2.36. The summed E-state index contributed by atoms with van der Waals surface area (Å²) in [6.45, 7) is 4.57. The molecule has 5 nitrogen and oxygen atoms in total. The minimum Gasteiger partial charge on any atom is -0.481 e. The van der Waals surface area contributed by atoms with Crippen LogP contribution >= 0.6 is 0 Å². The lowest BCUT2D eigenvalue weighted by molar-refractivity contribution is -0.150. The van der Waals surface area contributed by atoms with Crippen LogP contribution < -0.4 is 5.32 Å². The topological polar surface area (TPSA) is 69.6 Å². The number of carboxylic acid groups (broad SMARTS) is 1. The van der Waals surface area contributed by atoms with Crippen molar-refractivity contribution in [3.05, 3.63) is 0 Å². The Balaban J connectivity index is 2.05. The van der Waals surface area contributed by atoms with Gasteiger partial charge in [-0.1, -0.05) is 6.42 Å². The normalized spacial score (nSPS) is 28.3. The minimum absolute atomic E-state index is 0.0688. The van der Waals surface area contributed by atoms with Gasteiger partial charge in [0.1, 0.15) is 0 Å². The number of aliphatic carboxylic acids is 1.